The van der Waals surface area contributed by atoms with Crippen molar-refractivity contribution in [1.29, 1.82) is 0 Å². The molecule has 0 aromatic heterocycles. The molecule has 4 rings (SSSR count). The van der Waals surface area contributed by atoms with E-state index in [1.807, 2.05) is 37.3 Å². The Morgan fingerprint density at radius 3 is 1.66 bits per heavy atom. The van der Waals surface area contributed by atoms with Crippen molar-refractivity contribution in [3.63, 3.8) is 0 Å². The van der Waals surface area contributed by atoms with Crippen molar-refractivity contribution in [3.8, 4) is 33.8 Å². The predicted octanol–water partition coefficient (Wildman–Crippen LogP) is 6.69. The monoisotopic (exact) mass is 450 g/mol. The Bertz CT molecular complexity index is 1180. The first-order valence-corrected chi connectivity index (χ1v) is 10.2. The zero-order valence-electron chi connectivity index (χ0n) is 17.7. The number of phenolic OH excluding ortho intramolecular Hbond substituents is 2. The highest BCUT2D eigenvalue weighted by atomic mass is 35.5. The second-order valence-corrected chi connectivity index (χ2v) is 7.78. The van der Waals surface area contributed by atoms with Gasteiger partial charge in [-0.25, -0.2) is 4.39 Å². The number of benzene rings is 4. The van der Waals surface area contributed by atoms with Crippen LogP contribution in [0.2, 0.25) is 5.02 Å². The van der Waals surface area contributed by atoms with Gasteiger partial charge in [0.25, 0.3) is 0 Å². The van der Waals surface area contributed by atoms with Gasteiger partial charge in [0.15, 0.2) is 0 Å². The Labute approximate surface area is 191 Å². The van der Waals surface area contributed by atoms with Gasteiger partial charge in [0.05, 0.1) is 11.4 Å². The summed E-state index contributed by atoms with van der Waals surface area (Å²) in [4.78, 5) is 0. The normalized spacial score (nSPS) is 10.4. The average molecular weight is 451 g/mol. The highest BCUT2D eigenvalue weighted by Gasteiger charge is 2.08. The largest absolute Gasteiger partial charge is 0.506 e. The maximum absolute atomic E-state index is 13.4. The molecular formula is C26H24ClFN2O2. The number of halogens is 2. The maximum Gasteiger partial charge on any atom is 0.139 e. The highest BCUT2D eigenvalue weighted by Crippen LogP contribution is 2.32. The van der Waals surface area contributed by atoms with E-state index in [0.29, 0.717) is 22.0 Å². The third kappa shape index (κ3) is 4.95. The van der Waals surface area contributed by atoms with E-state index in [4.69, 9.17) is 23.1 Å². The van der Waals surface area contributed by atoms with Gasteiger partial charge < -0.3 is 21.7 Å². The molecule has 0 aliphatic carbocycles. The summed E-state index contributed by atoms with van der Waals surface area (Å²) in [7, 11) is 0. The lowest BCUT2D eigenvalue weighted by atomic mass is 10.00. The van der Waals surface area contributed by atoms with Crippen LogP contribution in [0.3, 0.4) is 0 Å². The van der Waals surface area contributed by atoms with Crippen LogP contribution in [0.5, 0.6) is 11.5 Å². The molecule has 0 spiro atoms. The zero-order chi connectivity index (χ0) is 23.4. The van der Waals surface area contributed by atoms with Gasteiger partial charge in [0, 0.05) is 5.02 Å². The second kappa shape index (κ2) is 9.62. The molecule has 164 valence electrons. The van der Waals surface area contributed by atoms with Gasteiger partial charge in [0.2, 0.25) is 0 Å². The molecule has 0 aliphatic heterocycles. The van der Waals surface area contributed by atoms with Crippen LogP contribution in [0.15, 0.2) is 72.8 Å². The van der Waals surface area contributed by atoms with Gasteiger partial charge in [-0.1, -0.05) is 48.0 Å². The van der Waals surface area contributed by atoms with Crippen molar-refractivity contribution in [2.75, 3.05) is 11.5 Å². The fourth-order valence-corrected chi connectivity index (χ4v) is 3.44. The van der Waals surface area contributed by atoms with Gasteiger partial charge in [-0.2, -0.15) is 0 Å². The summed E-state index contributed by atoms with van der Waals surface area (Å²) in [5.41, 5.74) is 16.7. The fourth-order valence-electron chi connectivity index (χ4n) is 3.26. The summed E-state index contributed by atoms with van der Waals surface area (Å²) < 4.78 is 13.4. The van der Waals surface area contributed by atoms with E-state index in [9.17, 15) is 14.6 Å². The zero-order valence-corrected chi connectivity index (χ0v) is 18.5. The lowest BCUT2D eigenvalue weighted by Crippen LogP contribution is -1.89. The molecular weight excluding hydrogens is 427 g/mol. The molecule has 0 bridgehead atoms. The van der Waals surface area contributed by atoms with E-state index in [-0.39, 0.29) is 17.3 Å². The number of hydrogen-bond acceptors (Lipinski definition) is 4. The highest BCUT2D eigenvalue weighted by molar-refractivity contribution is 6.31. The van der Waals surface area contributed by atoms with Gasteiger partial charge in [0.1, 0.15) is 17.3 Å². The molecule has 4 aromatic rings. The minimum atomic E-state index is -0.256. The molecule has 4 nitrogen and oxygen atoms in total. The number of rotatable bonds is 2. The number of nitrogens with two attached hydrogens (primary N) is 2. The second-order valence-electron chi connectivity index (χ2n) is 7.37. The third-order valence-corrected chi connectivity index (χ3v) is 5.63. The van der Waals surface area contributed by atoms with Crippen LogP contribution in [0.4, 0.5) is 15.8 Å². The average Bonchev–Trinajstić information content (AvgIpc) is 2.77. The molecule has 0 fully saturated rings. The van der Waals surface area contributed by atoms with Gasteiger partial charge in [-0.3, -0.25) is 0 Å². The standard InChI is InChI=1S/C13H12ClNO.C13H12FNO/c2*1-8-10(3-2-4-11(8)14)9-5-6-12(15)13(16)7-9/h2*2-7,16H,15H2,1H3. The van der Waals surface area contributed by atoms with Gasteiger partial charge in [-0.05, 0) is 83.6 Å². The summed E-state index contributed by atoms with van der Waals surface area (Å²) in [5.74, 6) is -0.146. The molecule has 0 aliphatic rings. The third-order valence-electron chi connectivity index (χ3n) is 5.22. The van der Waals surface area contributed by atoms with E-state index < -0.39 is 0 Å². The number of anilines is 2. The summed E-state index contributed by atoms with van der Waals surface area (Å²) >= 11 is 6.05. The predicted molar refractivity (Wildman–Crippen MR) is 130 cm³/mol. The molecule has 6 heteroatoms. The lowest BCUT2D eigenvalue weighted by molar-refractivity contribution is 0.477. The fraction of sp³-hybridized carbons (Fsp3) is 0.0769. The Hall–Kier alpha value is -3.70. The Kier molecular flexibility index (Phi) is 6.91. The number of aromatic hydroxyl groups is 2. The van der Waals surface area contributed by atoms with Crippen LogP contribution in [-0.2, 0) is 0 Å². The Morgan fingerprint density at radius 2 is 1.16 bits per heavy atom. The van der Waals surface area contributed by atoms with Crippen LogP contribution in [0.1, 0.15) is 11.1 Å². The minimum absolute atomic E-state index is 0.0150. The molecule has 0 saturated heterocycles. The number of nitrogen functional groups attached to an aromatic ring is 2. The van der Waals surface area contributed by atoms with Gasteiger partial charge >= 0.3 is 0 Å². The topological polar surface area (TPSA) is 92.5 Å². The first-order valence-electron chi connectivity index (χ1n) is 9.87. The number of hydrogen-bond donors (Lipinski definition) is 4. The molecule has 0 amide bonds. The van der Waals surface area contributed by atoms with E-state index in [0.717, 1.165) is 27.8 Å². The van der Waals surface area contributed by atoms with Crippen LogP contribution >= 0.6 is 11.6 Å². The van der Waals surface area contributed by atoms with Crippen molar-refractivity contribution < 1.29 is 14.6 Å². The van der Waals surface area contributed by atoms with Crippen LogP contribution in [0, 0.1) is 19.7 Å². The minimum Gasteiger partial charge on any atom is -0.506 e. The van der Waals surface area contributed by atoms with Gasteiger partial charge in [-0.15, -0.1) is 0 Å². The van der Waals surface area contributed by atoms with Crippen molar-refractivity contribution in [3.05, 3.63) is 94.8 Å². The van der Waals surface area contributed by atoms with Crippen LogP contribution in [-0.4, -0.2) is 10.2 Å². The smallest absolute Gasteiger partial charge is 0.139 e. The van der Waals surface area contributed by atoms with Crippen LogP contribution < -0.4 is 11.5 Å². The molecule has 0 saturated carbocycles. The number of phenols is 2. The van der Waals surface area contributed by atoms with E-state index in [1.165, 1.54) is 12.1 Å². The first kappa shape index (κ1) is 23.0. The van der Waals surface area contributed by atoms with E-state index in [1.54, 1.807) is 37.3 Å². The van der Waals surface area contributed by atoms with Crippen molar-refractivity contribution in [2.24, 2.45) is 0 Å². The lowest BCUT2D eigenvalue weighted by Gasteiger charge is -2.08. The maximum atomic E-state index is 13.4. The molecule has 0 heterocycles. The van der Waals surface area contributed by atoms with Crippen molar-refractivity contribution in [2.45, 2.75) is 13.8 Å². The Balaban J connectivity index is 0.000000181. The van der Waals surface area contributed by atoms with E-state index >= 15 is 0 Å². The Morgan fingerprint density at radius 1 is 0.688 bits per heavy atom. The summed E-state index contributed by atoms with van der Waals surface area (Å²) in [6, 6.07) is 20.7. The molecule has 0 unspecified atom stereocenters. The van der Waals surface area contributed by atoms with Crippen LogP contribution in [0.25, 0.3) is 22.3 Å². The SMILES string of the molecule is Cc1c(Cl)cccc1-c1ccc(N)c(O)c1.Cc1c(F)cccc1-c1ccc(N)c(O)c1. The first-order chi connectivity index (χ1) is 15.2. The van der Waals surface area contributed by atoms with Crippen molar-refractivity contribution >= 4 is 23.0 Å². The molecule has 0 atom stereocenters. The molecule has 0 radical (unpaired) electrons. The summed E-state index contributed by atoms with van der Waals surface area (Å²) in [5, 5.41) is 19.8. The quantitative estimate of drug-likeness (QED) is 0.202. The van der Waals surface area contributed by atoms with Crippen molar-refractivity contribution in [1.82, 2.24) is 0 Å². The molecule has 32 heavy (non-hydrogen) atoms. The molecule has 4 aromatic carbocycles. The summed E-state index contributed by atoms with van der Waals surface area (Å²) in [6.45, 7) is 3.66. The summed E-state index contributed by atoms with van der Waals surface area (Å²) in [6.07, 6.45) is 0. The molecule has 6 N–H and O–H groups in total. The van der Waals surface area contributed by atoms with E-state index in [2.05, 4.69) is 0 Å².